The van der Waals surface area contributed by atoms with Crippen LogP contribution in [0.3, 0.4) is 0 Å². The first kappa shape index (κ1) is 16.9. The summed E-state index contributed by atoms with van der Waals surface area (Å²) < 4.78 is 16.2. The van der Waals surface area contributed by atoms with Crippen molar-refractivity contribution in [2.24, 2.45) is 0 Å². The molecule has 0 bridgehead atoms. The van der Waals surface area contributed by atoms with Crippen molar-refractivity contribution >= 4 is 17.3 Å². The van der Waals surface area contributed by atoms with Gasteiger partial charge in [0.1, 0.15) is 16.9 Å². The molecule has 128 valence electrons. The third-order valence-corrected chi connectivity index (χ3v) is 5.20. The maximum Gasteiger partial charge on any atom is 0.338 e. The molecule has 1 fully saturated rings. The Hall–Kier alpha value is -1.92. The van der Waals surface area contributed by atoms with Crippen LogP contribution in [0.4, 0.5) is 0 Å². The molecule has 0 radical (unpaired) electrons. The third-order valence-electron chi connectivity index (χ3n) is 3.86. The minimum Gasteiger partial charge on any atom is -0.488 e. The van der Waals surface area contributed by atoms with Crippen molar-refractivity contribution in [3.63, 3.8) is 0 Å². The highest BCUT2D eigenvalue weighted by atomic mass is 32.1. The van der Waals surface area contributed by atoms with E-state index in [1.165, 1.54) is 12.0 Å². The number of rotatable bonds is 5. The highest BCUT2D eigenvalue weighted by molar-refractivity contribution is 7.15. The lowest BCUT2D eigenvalue weighted by Gasteiger charge is -2.13. The highest BCUT2D eigenvalue weighted by Crippen LogP contribution is 2.33. The second kappa shape index (κ2) is 7.32. The van der Waals surface area contributed by atoms with Gasteiger partial charge >= 0.3 is 5.97 Å². The van der Waals surface area contributed by atoms with Gasteiger partial charge in [-0.2, -0.15) is 0 Å². The molecule has 1 saturated heterocycles. The second-order valence-corrected chi connectivity index (χ2v) is 7.13. The molecule has 0 N–H and O–H groups in total. The lowest BCUT2D eigenvalue weighted by atomic mass is 10.1. The van der Waals surface area contributed by atoms with Gasteiger partial charge in [-0.15, -0.1) is 11.3 Å². The van der Waals surface area contributed by atoms with E-state index < -0.39 is 0 Å². The quantitative estimate of drug-likeness (QED) is 0.768. The predicted molar refractivity (Wildman–Crippen MR) is 92.8 cm³/mol. The fourth-order valence-corrected chi connectivity index (χ4v) is 3.42. The highest BCUT2D eigenvalue weighted by Gasteiger charge is 2.19. The molecule has 0 saturated carbocycles. The Balaban J connectivity index is 1.95. The Labute approximate surface area is 145 Å². The predicted octanol–water partition coefficient (Wildman–Crippen LogP) is 3.89. The van der Waals surface area contributed by atoms with E-state index >= 15 is 0 Å². The molecule has 5 nitrogen and oxygen atoms in total. The van der Waals surface area contributed by atoms with Gasteiger partial charge in [0.15, 0.2) is 0 Å². The number of nitrogens with zero attached hydrogens (tertiary/aromatic N) is 1. The molecule has 3 rings (SSSR count). The average molecular weight is 347 g/mol. The van der Waals surface area contributed by atoms with Crippen LogP contribution in [0.25, 0.3) is 10.6 Å². The van der Waals surface area contributed by atoms with Crippen molar-refractivity contribution in [1.29, 1.82) is 0 Å². The maximum absolute atomic E-state index is 12.0. The van der Waals surface area contributed by atoms with Crippen molar-refractivity contribution in [2.45, 2.75) is 32.3 Å². The minimum absolute atomic E-state index is 0.0215. The zero-order valence-corrected chi connectivity index (χ0v) is 14.9. The van der Waals surface area contributed by atoms with Gasteiger partial charge in [0, 0.05) is 23.1 Å². The van der Waals surface area contributed by atoms with Gasteiger partial charge in [0.2, 0.25) is 0 Å². The van der Waals surface area contributed by atoms with Crippen LogP contribution in [0.2, 0.25) is 0 Å². The number of thiazole rings is 1. The minimum atomic E-state index is -0.384. The number of methoxy groups -OCH3 is 1. The molecule has 2 aromatic rings. The summed E-state index contributed by atoms with van der Waals surface area (Å²) in [6, 6.07) is 5.44. The molecule has 1 aromatic carbocycles. The van der Waals surface area contributed by atoms with Crippen molar-refractivity contribution in [2.75, 3.05) is 20.3 Å². The fraction of sp³-hybridized carbons (Fsp3) is 0.444. The third kappa shape index (κ3) is 3.76. The Morgan fingerprint density at radius 2 is 2.21 bits per heavy atom. The number of esters is 1. The topological polar surface area (TPSA) is 57.7 Å². The molecule has 0 aliphatic carbocycles. The summed E-state index contributed by atoms with van der Waals surface area (Å²) in [6.07, 6.45) is 2.76. The van der Waals surface area contributed by atoms with Crippen molar-refractivity contribution in [3.8, 4) is 16.3 Å². The Kier molecular flexibility index (Phi) is 5.16. The van der Waals surface area contributed by atoms with Crippen LogP contribution < -0.4 is 4.74 Å². The summed E-state index contributed by atoms with van der Waals surface area (Å²) in [4.78, 5) is 17.7. The molecule has 0 spiro atoms. The van der Waals surface area contributed by atoms with Gasteiger partial charge in [-0.3, -0.25) is 0 Å². The van der Waals surface area contributed by atoms with E-state index in [1.54, 1.807) is 23.5 Å². The van der Waals surface area contributed by atoms with Crippen molar-refractivity contribution in [3.05, 3.63) is 34.8 Å². The largest absolute Gasteiger partial charge is 0.488 e. The molecule has 1 atom stereocenters. The lowest BCUT2D eigenvalue weighted by Crippen LogP contribution is -2.16. The number of hydrogen-bond donors (Lipinski definition) is 0. The van der Waals surface area contributed by atoms with Crippen LogP contribution in [-0.2, 0) is 9.47 Å². The first-order valence-corrected chi connectivity index (χ1v) is 8.82. The molecule has 24 heavy (non-hydrogen) atoms. The summed E-state index contributed by atoms with van der Waals surface area (Å²) in [5.74, 6) is 0.682. The van der Waals surface area contributed by atoms with E-state index in [1.807, 2.05) is 12.3 Å². The van der Waals surface area contributed by atoms with Crippen LogP contribution in [0.1, 0.15) is 41.4 Å². The first-order valence-electron chi connectivity index (χ1n) is 8.00. The van der Waals surface area contributed by atoms with E-state index in [9.17, 15) is 4.79 Å². The van der Waals surface area contributed by atoms with E-state index in [2.05, 4.69) is 18.8 Å². The number of hydrogen-bond acceptors (Lipinski definition) is 6. The van der Waals surface area contributed by atoms with Crippen LogP contribution in [0, 0.1) is 0 Å². The first-order chi connectivity index (χ1) is 11.6. The van der Waals surface area contributed by atoms with Crippen LogP contribution in [-0.4, -0.2) is 37.4 Å². The van der Waals surface area contributed by atoms with Crippen molar-refractivity contribution in [1.82, 2.24) is 4.98 Å². The number of ether oxygens (including phenoxy) is 3. The summed E-state index contributed by atoms with van der Waals surface area (Å²) in [5.41, 5.74) is 1.33. The Bertz CT molecular complexity index is 720. The normalized spacial score (nSPS) is 17.2. The van der Waals surface area contributed by atoms with Gasteiger partial charge in [-0.05, 0) is 24.1 Å². The summed E-state index contributed by atoms with van der Waals surface area (Å²) in [6.45, 7) is 5.55. The van der Waals surface area contributed by atoms with E-state index in [4.69, 9.17) is 14.2 Å². The van der Waals surface area contributed by atoms with E-state index in [0.29, 0.717) is 30.4 Å². The number of carbonyl (C=O) groups excluding carboxylic acids is 1. The van der Waals surface area contributed by atoms with Crippen LogP contribution in [0.5, 0.6) is 5.75 Å². The van der Waals surface area contributed by atoms with E-state index in [-0.39, 0.29) is 12.1 Å². The molecule has 0 unspecified atom stereocenters. The molecule has 2 heterocycles. The summed E-state index contributed by atoms with van der Waals surface area (Å²) in [5, 5.41) is 0.872. The zero-order chi connectivity index (χ0) is 17.1. The smallest absolute Gasteiger partial charge is 0.338 e. The van der Waals surface area contributed by atoms with Gasteiger partial charge in [0.05, 0.1) is 25.9 Å². The number of benzene rings is 1. The maximum atomic E-state index is 12.0. The van der Waals surface area contributed by atoms with E-state index in [0.717, 1.165) is 17.0 Å². The van der Waals surface area contributed by atoms with Gasteiger partial charge in [-0.25, -0.2) is 9.78 Å². The number of aromatic nitrogens is 1. The Morgan fingerprint density at radius 3 is 2.83 bits per heavy atom. The Morgan fingerprint density at radius 1 is 1.38 bits per heavy atom. The molecule has 0 amide bonds. The van der Waals surface area contributed by atoms with Crippen LogP contribution in [0.15, 0.2) is 24.4 Å². The lowest BCUT2D eigenvalue weighted by molar-refractivity contribution is 0.0600. The summed E-state index contributed by atoms with van der Waals surface area (Å²) in [7, 11) is 1.38. The second-order valence-electron chi connectivity index (χ2n) is 6.06. The fourth-order valence-electron chi connectivity index (χ4n) is 2.51. The SMILES string of the molecule is COC(=O)c1cc(O[C@@H]2CCOC2)cc(-c2ncc(C(C)C)s2)c1. The molecule has 1 aromatic heterocycles. The molecule has 6 heteroatoms. The van der Waals surface area contributed by atoms with Gasteiger partial charge < -0.3 is 14.2 Å². The average Bonchev–Trinajstić information content (AvgIpc) is 3.25. The standard InChI is InChI=1S/C18H21NO4S/c1-11(2)16-9-19-17(24-16)12-6-13(18(20)21-3)8-15(7-12)23-14-4-5-22-10-14/h6-9,11,14H,4-5,10H2,1-3H3/t14-/m1/s1. The number of carbonyl (C=O) groups is 1. The molecular formula is C18H21NO4S. The molecule has 1 aliphatic heterocycles. The molecule has 1 aliphatic rings. The summed E-state index contributed by atoms with van der Waals surface area (Å²) >= 11 is 1.63. The van der Waals surface area contributed by atoms with Gasteiger partial charge in [-0.1, -0.05) is 13.8 Å². The van der Waals surface area contributed by atoms with Crippen LogP contribution >= 0.6 is 11.3 Å². The molecular weight excluding hydrogens is 326 g/mol. The van der Waals surface area contributed by atoms with Gasteiger partial charge in [0.25, 0.3) is 0 Å². The van der Waals surface area contributed by atoms with Crippen molar-refractivity contribution < 1.29 is 19.0 Å². The zero-order valence-electron chi connectivity index (χ0n) is 14.1. The monoisotopic (exact) mass is 347 g/mol.